The Morgan fingerprint density at radius 3 is 2.75 bits per heavy atom. The van der Waals surface area contributed by atoms with Crippen LogP contribution in [0.2, 0.25) is 0 Å². The molecule has 6 heteroatoms. The molecule has 1 unspecified atom stereocenters. The van der Waals surface area contributed by atoms with E-state index in [9.17, 15) is 4.79 Å². The predicted molar refractivity (Wildman–Crippen MR) is 72.5 cm³/mol. The fourth-order valence-electron chi connectivity index (χ4n) is 2.45. The second kappa shape index (κ2) is 5.42. The van der Waals surface area contributed by atoms with Crippen molar-refractivity contribution >= 4 is 5.91 Å². The van der Waals surface area contributed by atoms with Gasteiger partial charge >= 0.3 is 0 Å². The molecule has 1 aliphatic heterocycles. The molecule has 2 heterocycles. The number of nitrogens with zero attached hydrogens (tertiary/aromatic N) is 4. The average molecular weight is 272 g/mol. The normalized spacial score (nSPS) is 18.4. The number of amides is 1. The summed E-state index contributed by atoms with van der Waals surface area (Å²) in [6.07, 6.45) is 4.24. The molecule has 0 aliphatic carbocycles. The van der Waals surface area contributed by atoms with Crippen LogP contribution in [0.4, 0.5) is 0 Å². The minimum absolute atomic E-state index is 0.0195. The highest BCUT2D eigenvalue weighted by molar-refractivity contribution is 5.94. The standard InChI is InChI=1S/C14H16N4O2/c19-10-11-5-7-17(9-11)14(20)12-1-3-13(4-2-12)18-8-6-15-16-18/h1-4,6,8,11,19H,5,7,9-10H2. The molecule has 1 amide bonds. The van der Waals surface area contributed by atoms with E-state index >= 15 is 0 Å². The van der Waals surface area contributed by atoms with Crippen LogP contribution in [0.15, 0.2) is 36.7 Å². The number of carbonyl (C=O) groups is 1. The van der Waals surface area contributed by atoms with Gasteiger partial charge in [-0.2, -0.15) is 0 Å². The molecule has 1 N–H and O–H groups in total. The number of hydrogen-bond donors (Lipinski definition) is 1. The van der Waals surface area contributed by atoms with Gasteiger partial charge < -0.3 is 10.0 Å². The molecule has 1 aliphatic rings. The van der Waals surface area contributed by atoms with Crippen molar-refractivity contribution in [3.8, 4) is 5.69 Å². The minimum atomic E-state index is 0.0195. The lowest BCUT2D eigenvalue weighted by molar-refractivity contribution is 0.0782. The van der Waals surface area contributed by atoms with Gasteiger partial charge in [-0.15, -0.1) is 5.10 Å². The first-order valence-electron chi connectivity index (χ1n) is 6.65. The summed E-state index contributed by atoms with van der Waals surface area (Å²) in [6, 6.07) is 7.29. The summed E-state index contributed by atoms with van der Waals surface area (Å²) < 4.78 is 1.64. The molecule has 20 heavy (non-hydrogen) atoms. The first kappa shape index (κ1) is 12.8. The van der Waals surface area contributed by atoms with Gasteiger partial charge in [-0.25, -0.2) is 4.68 Å². The van der Waals surface area contributed by atoms with Crippen LogP contribution in [-0.2, 0) is 0 Å². The molecular formula is C14H16N4O2. The van der Waals surface area contributed by atoms with E-state index in [-0.39, 0.29) is 18.4 Å². The third kappa shape index (κ3) is 2.42. The van der Waals surface area contributed by atoms with Gasteiger partial charge in [0.05, 0.1) is 18.1 Å². The number of rotatable bonds is 3. The van der Waals surface area contributed by atoms with Gasteiger partial charge in [0.1, 0.15) is 0 Å². The number of likely N-dealkylation sites (tertiary alicyclic amines) is 1. The topological polar surface area (TPSA) is 71.2 Å². The molecule has 1 aromatic carbocycles. The minimum Gasteiger partial charge on any atom is -0.396 e. The third-order valence-electron chi connectivity index (χ3n) is 3.63. The highest BCUT2D eigenvalue weighted by Gasteiger charge is 2.26. The van der Waals surface area contributed by atoms with Gasteiger partial charge in [0.2, 0.25) is 0 Å². The number of aliphatic hydroxyl groups excluding tert-OH is 1. The van der Waals surface area contributed by atoms with Gasteiger partial charge in [0, 0.05) is 31.2 Å². The maximum absolute atomic E-state index is 12.3. The molecule has 1 saturated heterocycles. The lowest BCUT2D eigenvalue weighted by atomic mass is 10.1. The Labute approximate surface area is 116 Å². The van der Waals surface area contributed by atoms with Crippen molar-refractivity contribution in [2.45, 2.75) is 6.42 Å². The predicted octanol–water partition coefficient (Wildman–Crippen LogP) is 0.722. The second-order valence-corrected chi connectivity index (χ2v) is 4.98. The van der Waals surface area contributed by atoms with E-state index in [4.69, 9.17) is 5.11 Å². The van der Waals surface area contributed by atoms with Gasteiger partial charge in [-0.3, -0.25) is 4.79 Å². The molecule has 0 spiro atoms. The molecule has 6 nitrogen and oxygen atoms in total. The zero-order valence-corrected chi connectivity index (χ0v) is 11.0. The monoisotopic (exact) mass is 272 g/mol. The van der Waals surface area contributed by atoms with Crippen LogP contribution in [0.1, 0.15) is 16.8 Å². The van der Waals surface area contributed by atoms with Gasteiger partial charge in [-0.1, -0.05) is 5.21 Å². The number of aromatic nitrogens is 3. The quantitative estimate of drug-likeness (QED) is 0.893. The van der Waals surface area contributed by atoms with E-state index in [1.54, 1.807) is 34.1 Å². The smallest absolute Gasteiger partial charge is 0.253 e. The van der Waals surface area contributed by atoms with Gasteiger partial charge in [0.15, 0.2) is 0 Å². The van der Waals surface area contributed by atoms with Crippen molar-refractivity contribution in [1.29, 1.82) is 0 Å². The van der Waals surface area contributed by atoms with Crippen molar-refractivity contribution in [2.24, 2.45) is 5.92 Å². The number of benzene rings is 1. The summed E-state index contributed by atoms with van der Waals surface area (Å²) >= 11 is 0. The van der Waals surface area contributed by atoms with Crippen molar-refractivity contribution in [3.63, 3.8) is 0 Å². The SMILES string of the molecule is O=C(c1ccc(-n2ccnn2)cc1)N1CCC(CO)C1. The zero-order chi connectivity index (χ0) is 13.9. The Kier molecular flexibility index (Phi) is 3.47. The van der Waals surface area contributed by atoms with Gasteiger partial charge in [0.25, 0.3) is 5.91 Å². The fourth-order valence-corrected chi connectivity index (χ4v) is 2.45. The van der Waals surface area contributed by atoms with Crippen LogP contribution in [0.3, 0.4) is 0 Å². The molecule has 0 radical (unpaired) electrons. The number of hydrogen-bond acceptors (Lipinski definition) is 4. The number of aliphatic hydroxyl groups is 1. The molecule has 1 aromatic heterocycles. The largest absolute Gasteiger partial charge is 0.396 e. The summed E-state index contributed by atoms with van der Waals surface area (Å²) in [5, 5.41) is 16.8. The number of carbonyl (C=O) groups excluding carboxylic acids is 1. The molecule has 3 rings (SSSR count). The summed E-state index contributed by atoms with van der Waals surface area (Å²) in [5.74, 6) is 0.236. The maximum Gasteiger partial charge on any atom is 0.253 e. The van der Waals surface area contributed by atoms with Crippen LogP contribution >= 0.6 is 0 Å². The highest BCUT2D eigenvalue weighted by Crippen LogP contribution is 2.18. The van der Waals surface area contributed by atoms with Crippen LogP contribution < -0.4 is 0 Å². The molecule has 104 valence electrons. The average Bonchev–Trinajstić information content (AvgIpc) is 3.18. The van der Waals surface area contributed by atoms with Crippen molar-refractivity contribution < 1.29 is 9.90 Å². The molecule has 0 bridgehead atoms. The van der Waals surface area contributed by atoms with E-state index in [2.05, 4.69) is 10.3 Å². The lowest BCUT2D eigenvalue weighted by Crippen LogP contribution is -2.29. The lowest BCUT2D eigenvalue weighted by Gasteiger charge is -2.16. The maximum atomic E-state index is 12.3. The van der Waals surface area contributed by atoms with E-state index in [1.165, 1.54) is 0 Å². The van der Waals surface area contributed by atoms with Gasteiger partial charge in [-0.05, 0) is 30.7 Å². The van der Waals surface area contributed by atoms with Crippen LogP contribution in [0, 0.1) is 5.92 Å². The Hall–Kier alpha value is -2.21. The zero-order valence-electron chi connectivity index (χ0n) is 11.0. The van der Waals surface area contributed by atoms with Crippen LogP contribution in [-0.4, -0.2) is 50.6 Å². The molecule has 1 atom stereocenters. The summed E-state index contributed by atoms with van der Waals surface area (Å²) in [4.78, 5) is 14.1. The molecule has 1 fully saturated rings. The summed E-state index contributed by atoms with van der Waals surface area (Å²) in [6.45, 7) is 1.50. The summed E-state index contributed by atoms with van der Waals surface area (Å²) in [7, 11) is 0. The van der Waals surface area contributed by atoms with E-state index < -0.39 is 0 Å². The Balaban J connectivity index is 1.73. The first-order chi connectivity index (χ1) is 9.78. The highest BCUT2D eigenvalue weighted by atomic mass is 16.3. The van der Waals surface area contributed by atoms with Crippen molar-refractivity contribution in [2.75, 3.05) is 19.7 Å². The van der Waals surface area contributed by atoms with E-state index in [1.807, 2.05) is 12.1 Å². The Morgan fingerprint density at radius 2 is 2.15 bits per heavy atom. The third-order valence-corrected chi connectivity index (χ3v) is 3.63. The summed E-state index contributed by atoms with van der Waals surface area (Å²) in [5.41, 5.74) is 1.53. The first-order valence-corrected chi connectivity index (χ1v) is 6.65. The Morgan fingerprint density at radius 1 is 1.35 bits per heavy atom. The van der Waals surface area contributed by atoms with E-state index in [0.717, 1.165) is 18.7 Å². The van der Waals surface area contributed by atoms with Crippen molar-refractivity contribution in [3.05, 3.63) is 42.2 Å². The second-order valence-electron chi connectivity index (χ2n) is 4.98. The fraction of sp³-hybridized carbons (Fsp3) is 0.357. The van der Waals surface area contributed by atoms with Crippen LogP contribution in [0.5, 0.6) is 0 Å². The molecular weight excluding hydrogens is 256 g/mol. The van der Waals surface area contributed by atoms with Crippen molar-refractivity contribution in [1.82, 2.24) is 19.9 Å². The van der Waals surface area contributed by atoms with E-state index in [0.29, 0.717) is 12.1 Å². The molecule has 0 saturated carbocycles. The molecule has 2 aromatic rings. The van der Waals surface area contributed by atoms with Crippen LogP contribution in [0.25, 0.3) is 5.69 Å². The Bertz CT molecular complexity index is 580.